The van der Waals surface area contributed by atoms with Crippen LogP contribution >= 0.6 is 7.51 Å². The van der Waals surface area contributed by atoms with E-state index < -0.39 is 7.51 Å². The highest BCUT2D eigenvalue weighted by Gasteiger charge is 2.16. The van der Waals surface area contributed by atoms with E-state index >= 15 is 0 Å². The van der Waals surface area contributed by atoms with Crippen LogP contribution in [0.25, 0.3) is 0 Å². The average Bonchev–Trinajstić information content (AvgIpc) is 2.60. The second-order valence-corrected chi connectivity index (χ2v) is 6.18. The van der Waals surface area contributed by atoms with Crippen LogP contribution in [0.4, 0.5) is 0 Å². The Kier molecular flexibility index (Phi) is 14.2. The standard InChI is InChI=1S/C14H16NO2P.2C2H6.CH4/c1-15-18(2,16-13-9-5-3-6-10-13)17-14-11-7-4-8-12-14;2*1-2;/h3-12H,1-2H3;2*1-2H3;1H4. The van der Waals surface area contributed by atoms with Crippen molar-refractivity contribution in [2.24, 2.45) is 4.74 Å². The Balaban J connectivity index is 0. The number of hydrogen-bond donors (Lipinski definition) is 0. The van der Waals surface area contributed by atoms with Gasteiger partial charge in [-0.3, -0.25) is 0 Å². The van der Waals surface area contributed by atoms with E-state index in [0.29, 0.717) is 0 Å². The SMILES string of the molecule is C.CC.CC.CN=P(C)(Oc1ccccc1)Oc1ccccc1. The third kappa shape index (κ3) is 9.10. The van der Waals surface area contributed by atoms with E-state index in [0.717, 1.165) is 11.5 Å². The molecule has 4 heteroatoms. The minimum atomic E-state index is -2.27. The minimum Gasteiger partial charge on any atom is -0.430 e. The maximum atomic E-state index is 5.88. The Morgan fingerprint density at radius 3 is 1.26 bits per heavy atom. The lowest BCUT2D eigenvalue weighted by Gasteiger charge is -2.21. The van der Waals surface area contributed by atoms with Gasteiger partial charge in [0.25, 0.3) is 0 Å². The molecule has 0 radical (unpaired) electrons. The van der Waals surface area contributed by atoms with Crippen molar-refractivity contribution in [2.75, 3.05) is 13.7 Å². The predicted octanol–water partition coefficient (Wildman–Crippen LogP) is 7.12. The van der Waals surface area contributed by atoms with E-state index in [4.69, 9.17) is 9.05 Å². The summed E-state index contributed by atoms with van der Waals surface area (Å²) in [6, 6.07) is 19.2. The quantitative estimate of drug-likeness (QED) is 0.556. The van der Waals surface area contributed by atoms with E-state index in [1.54, 1.807) is 7.05 Å². The van der Waals surface area contributed by atoms with Gasteiger partial charge in [-0.25, -0.2) is 4.74 Å². The molecule has 0 atom stereocenters. The molecule has 2 aromatic carbocycles. The number of nitrogens with zero attached hydrogens (tertiary/aromatic N) is 1. The molecule has 0 aliphatic carbocycles. The molecule has 0 aliphatic rings. The Hall–Kier alpha value is -1.73. The molecule has 0 aliphatic heterocycles. The molecule has 0 unspecified atom stereocenters. The number of rotatable bonds is 4. The fraction of sp³-hybridized carbons (Fsp3) is 0.368. The first-order valence-corrected chi connectivity index (χ1v) is 9.71. The van der Waals surface area contributed by atoms with Gasteiger partial charge in [-0.1, -0.05) is 71.5 Å². The van der Waals surface area contributed by atoms with Crippen molar-refractivity contribution in [3.63, 3.8) is 0 Å². The van der Waals surface area contributed by atoms with Crippen molar-refractivity contribution in [3.05, 3.63) is 60.7 Å². The van der Waals surface area contributed by atoms with Gasteiger partial charge in [0.05, 0.1) is 0 Å². The van der Waals surface area contributed by atoms with Crippen molar-refractivity contribution in [3.8, 4) is 11.5 Å². The first-order valence-electron chi connectivity index (χ1n) is 7.69. The lowest BCUT2D eigenvalue weighted by atomic mass is 10.3. The van der Waals surface area contributed by atoms with Crippen molar-refractivity contribution >= 4 is 7.51 Å². The number of hydrogen-bond acceptors (Lipinski definition) is 3. The summed E-state index contributed by atoms with van der Waals surface area (Å²) in [5.74, 6) is 1.55. The molecule has 2 rings (SSSR count). The third-order valence-corrected chi connectivity index (χ3v) is 4.23. The van der Waals surface area contributed by atoms with Crippen LogP contribution in [0.5, 0.6) is 11.5 Å². The molecule has 0 heterocycles. The fourth-order valence-corrected chi connectivity index (χ4v) is 2.68. The molecule has 0 amide bonds. The molecule has 2 aromatic rings. The topological polar surface area (TPSA) is 30.8 Å². The molecule has 23 heavy (non-hydrogen) atoms. The highest BCUT2D eigenvalue weighted by Crippen LogP contribution is 2.47. The van der Waals surface area contributed by atoms with Crippen LogP contribution in [0.2, 0.25) is 0 Å². The summed E-state index contributed by atoms with van der Waals surface area (Å²) in [7, 11) is -0.547. The normalized spacial score (nSPS) is 8.96. The van der Waals surface area contributed by atoms with Gasteiger partial charge in [0, 0.05) is 13.7 Å². The Morgan fingerprint density at radius 1 is 0.696 bits per heavy atom. The molecule has 3 nitrogen and oxygen atoms in total. The van der Waals surface area contributed by atoms with Gasteiger partial charge in [0.15, 0.2) is 0 Å². The van der Waals surface area contributed by atoms with Crippen molar-refractivity contribution in [2.45, 2.75) is 35.1 Å². The fourth-order valence-electron chi connectivity index (χ4n) is 1.45. The Morgan fingerprint density at radius 2 is 1.00 bits per heavy atom. The second-order valence-electron chi connectivity index (χ2n) is 3.81. The third-order valence-electron chi connectivity index (χ3n) is 2.40. The van der Waals surface area contributed by atoms with Crippen LogP contribution < -0.4 is 9.05 Å². The molecule has 0 bridgehead atoms. The van der Waals surface area contributed by atoms with Crippen molar-refractivity contribution in [1.29, 1.82) is 0 Å². The van der Waals surface area contributed by atoms with E-state index in [-0.39, 0.29) is 7.43 Å². The van der Waals surface area contributed by atoms with Gasteiger partial charge in [-0.2, -0.15) is 0 Å². The Labute approximate surface area is 142 Å². The van der Waals surface area contributed by atoms with Crippen LogP contribution in [0.15, 0.2) is 65.4 Å². The maximum absolute atomic E-state index is 5.88. The van der Waals surface area contributed by atoms with Crippen molar-refractivity contribution in [1.82, 2.24) is 0 Å². The number of benzene rings is 2. The van der Waals surface area contributed by atoms with Crippen LogP contribution in [0.3, 0.4) is 0 Å². The summed E-state index contributed by atoms with van der Waals surface area (Å²) >= 11 is 0. The zero-order valence-electron chi connectivity index (χ0n) is 14.5. The van der Waals surface area contributed by atoms with E-state index in [2.05, 4.69) is 4.74 Å². The lowest BCUT2D eigenvalue weighted by molar-refractivity contribution is 0.481. The highest BCUT2D eigenvalue weighted by atomic mass is 31.2. The van der Waals surface area contributed by atoms with Crippen LogP contribution in [-0.4, -0.2) is 13.7 Å². The molecule has 0 N–H and O–H groups in total. The monoisotopic (exact) mass is 337 g/mol. The predicted molar refractivity (Wildman–Crippen MR) is 105 cm³/mol. The van der Waals surface area contributed by atoms with Gasteiger partial charge in [-0.05, 0) is 24.3 Å². The molecule has 0 spiro atoms. The molecule has 0 aromatic heterocycles. The van der Waals surface area contributed by atoms with Crippen LogP contribution in [-0.2, 0) is 0 Å². The zero-order valence-corrected chi connectivity index (χ0v) is 15.4. The zero-order chi connectivity index (χ0) is 16.8. The smallest absolute Gasteiger partial charge is 0.310 e. The second kappa shape index (κ2) is 13.9. The highest BCUT2D eigenvalue weighted by molar-refractivity contribution is 7.56. The molecule has 0 fully saturated rings. The molecular weight excluding hydrogens is 305 g/mol. The van der Waals surface area contributed by atoms with Crippen molar-refractivity contribution < 1.29 is 9.05 Å². The maximum Gasteiger partial charge on any atom is 0.310 e. The lowest BCUT2D eigenvalue weighted by Crippen LogP contribution is -1.99. The summed E-state index contributed by atoms with van der Waals surface area (Å²) < 4.78 is 16.0. The summed E-state index contributed by atoms with van der Waals surface area (Å²) in [5, 5.41) is 0. The summed E-state index contributed by atoms with van der Waals surface area (Å²) in [6.07, 6.45) is 0. The first kappa shape index (κ1) is 23.5. The van der Waals surface area contributed by atoms with E-state index in [1.807, 2.05) is 95.0 Å². The average molecular weight is 337 g/mol. The first-order chi connectivity index (χ1) is 10.7. The minimum absolute atomic E-state index is 0. The van der Waals surface area contributed by atoms with Crippen LogP contribution in [0, 0.1) is 0 Å². The van der Waals surface area contributed by atoms with Gasteiger partial charge < -0.3 is 9.05 Å². The Bertz CT molecular complexity index is 496. The van der Waals surface area contributed by atoms with E-state index in [1.165, 1.54) is 0 Å². The number of para-hydroxylation sites is 2. The molecular formula is C19H32NO2P. The molecule has 130 valence electrons. The largest absolute Gasteiger partial charge is 0.430 e. The van der Waals surface area contributed by atoms with Gasteiger partial charge in [0.1, 0.15) is 11.5 Å². The molecule has 0 saturated heterocycles. The van der Waals surface area contributed by atoms with Gasteiger partial charge >= 0.3 is 7.51 Å². The summed E-state index contributed by atoms with van der Waals surface area (Å²) in [6.45, 7) is 9.90. The van der Waals surface area contributed by atoms with E-state index in [9.17, 15) is 0 Å². The molecule has 0 saturated carbocycles. The van der Waals surface area contributed by atoms with Crippen LogP contribution in [0.1, 0.15) is 35.1 Å². The van der Waals surface area contributed by atoms with Gasteiger partial charge in [0.2, 0.25) is 0 Å². The summed E-state index contributed by atoms with van der Waals surface area (Å²) in [5.41, 5.74) is 0. The summed E-state index contributed by atoms with van der Waals surface area (Å²) in [4.78, 5) is 0. The van der Waals surface area contributed by atoms with Gasteiger partial charge in [-0.15, -0.1) is 0 Å².